The molecule has 1 aliphatic heterocycles. The van der Waals surface area contributed by atoms with Crippen molar-refractivity contribution < 1.29 is 23.4 Å². The number of rotatable bonds is 1. The van der Waals surface area contributed by atoms with E-state index in [4.69, 9.17) is 4.74 Å². The zero-order chi connectivity index (χ0) is 11.7. The summed E-state index contributed by atoms with van der Waals surface area (Å²) in [4.78, 5) is 10.9. The van der Waals surface area contributed by atoms with E-state index < -0.39 is 23.8 Å². The molecule has 1 aromatic rings. The average molecular weight is 228 g/mol. The molecule has 0 saturated carbocycles. The normalized spacial score (nSPS) is 25.8. The lowest BCUT2D eigenvalue weighted by Crippen LogP contribution is -2.33. The molecule has 0 aromatic heterocycles. The van der Waals surface area contributed by atoms with Gasteiger partial charge in [-0.25, -0.2) is 8.78 Å². The molecule has 0 aliphatic carbocycles. The summed E-state index contributed by atoms with van der Waals surface area (Å²) in [6.07, 6.45) is -2.20. The molecule has 3 nitrogen and oxygen atoms in total. The maximum absolute atomic E-state index is 13.4. The number of halogens is 2. The molecule has 1 N–H and O–H groups in total. The summed E-state index contributed by atoms with van der Waals surface area (Å²) in [6.45, 7) is -0.183. The van der Waals surface area contributed by atoms with Crippen LogP contribution in [0.4, 0.5) is 8.78 Å². The van der Waals surface area contributed by atoms with Gasteiger partial charge < -0.3 is 9.84 Å². The summed E-state index contributed by atoms with van der Waals surface area (Å²) in [5.74, 6) is -1.51. The van der Waals surface area contributed by atoms with E-state index in [-0.39, 0.29) is 24.4 Å². The van der Waals surface area contributed by atoms with Crippen molar-refractivity contribution in [3.63, 3.8) is 0 Å². The van der Waals surface area contributed by atoms with Crippen LogP contribution in [0, 0.1) is 11.6 Å². The quantitative estimate of drug-likeness (QED) is 0.789. The second-order valence-electron chi connectivity index (χ2n) is 3.71. The van der Waals surface area contributed by atoms with E-state index in [0.717, 1.165) is 18.2 Å². The largest absolute Gasteiger partial charge is 0.390 e. The lowest BCUT2D eigenvalue weighted by atomic mass is 9.97. The summed E-state index contributed by atoms with van der Waals surface area (Å²) in [5.41, 5.74) is -0.0556. The van der Waals surface area contributed by atoms with Crippen LogP contribution in [-0.2, 0) is 9.53 Å². The highest BCUT2D eigenvalue weighted by molar-refractivity contribution is 5.80. The first-order valence-electron chi connectivity index (χ1n) is 4.84. The van der Waals surface area contributed by atoms with Gasteiger partial charge in [0.2, 0.25) is 0 Å². The SMILES string of the molecule is O=C1CO[C@H](c2cc(F)ccc2F)[C@H](O)C1. The van der Waals surface area contributed by atoms with Gasteiger partial charge in [0.15, 0.2) is 5.78 Å². The lowest BCUT2D eigenvalue weighted by Gasteiger charge is -2.27. The number of carbonyl (C=O) groups is 1. The first-order valence-corrected chi connectivity index (χ1v) is 4.84. The standard InChI is InChI=1S/C11H10F2O3/c12-6-1-2-9(13)8(3-6)11-10(15)4-7(14)5-16-11/h1-3,10-11,15H,4-5H2/t10-,11-/m1/s1. The Labute approximate surface area is 90.7 Å². The molecule has 1 fully saturated rings. The number of hydrogen-bond acceptors (Lipinski definition) is 3. The second kappa shape index (κ2) is 4.27. The zero-order valence-corrected chi connectivity index (χ0v) is 8.32. The van der Waals surface area contributed by atoms with E-state index in [1.54, 1.807) is 0 Å². The van der Waals surface area contributed by atoms with E-state index in [1.807, 2.05) is 0 Å². The monoisotopic (exact) mass is 228 g/mol. The molecular weight excluding hydrogens is 218 g/mol. The van der Waals surface area contributed by atoms with Crippen LogP contribution in [0.3, 0.4) is 0 Å². The van der Waals surface area contributed by atoms with Gasteiger partial charge in [-0.15, -0.1) is 0 Å². The molecule has 0 spiro atoms. The molecule has 1 saturated heterocycles. The van der Waals surface area contributed by atoms with E-state index in [0.29, 0.717) is 0 Å². The third kappa shape index (κ3) is 2.10. The van der Waals surface area contributed by atoms with E-state index in [2.05, 4.69) is 0 Å². The summed E-state index contributed by atoms with van der Waals surface area (Å²) >= 11 is 0. The highest BCUT2D eigenvalue weighted by Crippen LogP contribution is 2.29. The van der Waals surface area contributed by atoms with Gasteiger partial charge in [0.05, 0.1) is 6.10 Å². The Hall–Kier alpha value is -1.33. The van der Waals surface area contributed by atoms with Crippen LogP contribution in [0.1, 0.15) is 18.1 Å². The van der Waals surface area contributed by atoms with Crippen molar-refractivity contribution in [2.75, 3.05) is 6.61 Å². The van der Waals surface area contributed by atoms with Crippen LogP contribution in [0.15, 0.2) is 18.2 Å². The number of carbonyl (C=O) groups excluding carboxylic acids is 1. The number of aliphatic hydroxyl groups excluding tert-OH is 1. The van der Waals surface area contributed by atoms with Gasteiger partial charge in [-0.2, -0.15) is 0 Å². The maximum Gasteiger partial charge on any atom is 0.161 e. The fourth-order valence-corrected chi connectivity index (χ4v) is 1.72. The minimum atomic E-state index is -1.13. The molecule has 16 heavy (non-hydrogen) atoms. The number of Topliss-reactive ketones (excluding diaryl/α,β-unsaturated/α-hetero) is 1. The second-order valence-corrected chi connectivity index (χ2v) is 3.71. The van der Waals surface area contributed by atoms with Gasteiger partial charge in [0.25, 0.3) is 0 Å². The number of ether oxygens (including phenoxy) is 1. The molecule has 86 valence electrons. The Morgan fingerprint density at radius 2 is 2.12 bits per heavy atom. The molecule has 2 rings (SSSR count). The highest BCUT2D eigenvalue weighted by Gasteiger charge is 2.31. The predicted octanol–water partition coefficient (Wildman–Crippen LogP) is 1.36. The smallest absolute Gasteiger partial charge is 0.161 e. The lowest BCUT2D eigenvalue weighted by molar-refractivity contribution is -0.143. The van der Waals surface area contributed by atoms with Gasteiger partial charge in [-0.3, -0.25) is 4.79 Å². The van der Waals surface area contributed by atoms with Gasteiger partial charge >= 0.3 is 0 Å². The minimum absolute atomic E-state index is 0.0556. The first kappa shape index (κ1) is 11.2. The molecule has 0 radical (unpaired) electrons. The topological polar surface area (TPSA) is 46.5 Å². The third-order valence-electron chi connectivity index (χ3n) is 2.47. The fourth-order valence-electron chi connectivity index (χ4n) is 1.72. The van der Waals surface area contributed by atoms with Crippen molar-refractivity contribution in [2.24, 2.45) is 0 Å². The Balaban J connectivity index is 2.29. The summed E-state index contributed by atoms with van der Waals surface area (Å²) < 4.78 is 31.3. The molecule has 1 aromatic carbocycles. The third-order valence-corrected chi connectivity index (χ3v) is 2.47. The highest BCUT2D eigenvalue weighted by atomic mass is 19.1. The summed E-state index contributed by atoms with van der Waals surface area (Å²) in [6, 6.07) is 2.93. The Morgan fingerprint density at radius 1 is 1.38 bits per heavy atom. The Bertz CT molecular complexity index is 420. The number of hydrogen-bond donors (Lipinski definition) is 1. The van der Waals surface area contributed by atoms with Crippen LogP contribution in [-0.4, -0.2) is 23.6 Å². The van der Waals surface area contributed by atoms with Crippen molar-refractivity contribution in [2.45, 2.75) is 18.6 Å². The molecule has 2 atom stereocenters. The van der Waals surface area contributed by atoms with Gasteiger partial charge in [0, 0.05) is 12.0 Å². The number of aliphatic hydroxyl groups is 1. The van der Waals surface area contributed by atoms with Gasteiger partial charge in [0.1, 0.15) is 24.3 Å². The molecule has 0 bridgehead atoms. The van der Waals surface area contributed by atoms with Crippen LogP contribution >= 0.6 is 0 Å². The summed E-state index contributed by atoms with van der Waals surface area (Å²) in [5, 5.41) is 9.57. The average Bonchev–Trinajstić information content (AvgIpc) is 2.22. The van der Waals surface area contributed by atoms with E-state index >= 15 is 0 Å². The Morgan fingerprint density at radius 3 is 2.81 bits per heavy atom. The fraction of sp³-hybridized carbons (Fsp3) is 0.364. The molecular formula is C11H10F2O3. The van der Waals surface area contributed by atoms with Crippen LogP contribution < -0.4 is 0 Å². The first-order chi connectivity index (χ1) is 7.58. The van der Waals surface area contributed by atoms with Gasteiger partial charge in [-0.05, 0) is 18.2 Å². The minimum Gasteiger partial charge on any atom is -0.390 e. The van der Waals surface area contributed by atoms with E-state index in [9.17, 15) is 18.7 Å². The zero-order valence-electron chi connectivity index (χ0n) is 8.32. The molecule has 5 heteroatoms. The van der Waals surface area contributed by atoms with Crippen molar-refractivity contribution in [1.29, 1.82) is 0 Å². The van der Waals surface area contributed by atoms with Crippen molar-refractivity contribution in [1.82, 2.24) is 0 Å². The van der Waals surface area contributed by atoms with Crippen LogP contribution in [0.5, 0.6) is 0 Å². The maximum atomic E-state index is 13.4. The van der Waals surface area contributed by atoms with Crippen LogP contribution in [0.25, 0.3) is 0 Å². The van der Waals surface area contributed by atoms with Crippen molar-refractivity contribution in [3.8, 4) is 0 Å². The van der Waals surface area contributed by atoms with Gasteiger partial charge in [-0.1, -0.05) is 0 Å². The molecule has 1 aliphatic rings. The molecule has 0 unspecified atom stereocenters. The summed E-state index contributed by atoms with van der Waals surface area (Å²) in [7, 11) is 0. The van der Waals surface area contributed by atoms with Crippen LogP contribution in [0.2, 0.25) is 0 Å². The van der Waals surface area contributed by atoms with E-state index in [1.165, 1.54) is 0 Å². The molecule has 0 amide bonds. The number of benzene rings is 1. The van der Waals surface area contributed by atoms with Crippen molar-refractivity contribution >= 4 is 5.78 Å². The number of ketones is 1. The Kier molecular flexibility index (Phi) is 2.98. The molecule has 1 heterocycles. The predicted molar refractivity (Wildman–Crippen MR) is 50.7 cm³/mol. The van der Waals surface area contributed by atoms with Crippen molar-refractivity contribution in [3.05, 3.63) is 35.4 Å².